The molecule has 0 aliphatic carbocycles. The van der Waals surface area contributed by atoms with Crippen LogP contribution in [0.25, 0.3) is 0 Å². The van der Waals surface area contributed by atoms with Crippen molar-refractivity contribution in [3.05, 3.63) is 28.5 Å². The molecule has 0 aliphatic heterocycles. The highest BCUT2D eigenvalue weighted by molar-refractivity contribution is 6.33. The number of nitrogens with one attached hydrogen (secondary N) is 1. The van der Waals surface area contributed by atoms with Crippen molar-refractivity contribution >= 4 is 17.3 Å². The zero-order valence-electron chi connectivity index (χ0n) is 11.4. The largest absolute Gasteiger partial charge is 0.379 e. The molecule has 1 aromatic rings. The molecule has 0 radical (unpaired) electrons. The van der Waals surface area contributed by atoms with Crippen molar-refractivity contribution < 1.29 is 4.39 Å². The Bertz CT molecular complexity index is 413. The quantitative estimate of drug-likeness (QED) is 0.748. The first kappa shape index (κ1) is 14.3. The van der Waals surface area contributed by atoms with E-state index in [1.807, 2.05) is 41.5 Å². The lowest BCUT2D eigenvalue weighted by atomic mass is 9.86. The summed E-state index contributed by atoms with van der Waals surface area (Å²) in [4.78, 5) is 0. The standard InChI is InChI=1S/C14H21ClFN/c1-13(2,3)9-7-10(15)12(8-11(9)16)17-14(4,5)6/h7-8,17H,1-6H3. The molecule has 0 bridgehead atoms. The Balaban J connectivity index is 3.19. The van der Waals surface area contributed by atoms with Crippen LogP contribution in [0.2, 0.25) is 5.02 Å². The third-order valence-corrected chi connectivity index (χ3v) is 2.69. The van der Waals surface area contributed by atoms with E-state index in [0.717, 1.165) is 0 Å². The van der Waals surface area contributed by atoms with Crippen molar-refractivity contribution in [2.75, 3.05) is 5.32 Å². The molecule has 0 aromatic heterocycles. The first-order valence-corrected chi connectivity index (χ1v) is 6.16. The van der Waals surface area contributed by atoms with Gasteiger partial charge in [-0.3, -0.25) is 0 Å². The Morgan fingerprint density at radius 1 is 1.06 bits per heavy atom. The Hall–Kier alpha value is -0.760. The minimum absolute atomic E-state index is 0.140. The first-order chi connectivity index (χ1) is 7.50. The fourth-order valence-corrected chi connectivity index (χ4v) is 1.83. The van der Waals surface area contributed by atoms with Crippen LogP contribution in [-0.4, -0.2) is 5.54 Å². The maximum Gasteiger partial charge on any atom is 0.129 e. The summed E-state index contributed by atoms with van der Waals surface area (Å²) in [5, 5.41) is 3.76. The molecular formula is C14H21ClFN. The number of hydrogen-bond acceptors (Lipinski definition) is 1. The Morgan fingerprint density at radius 2 is 1.59 bits per heavy atom. The van der Waals surface area contributed by atoms with E-state index in [1.54, 1.807) is 6.07 Å². The molecule has 1 rings (SSSR count). The summed E-state index contributed by atoms with van der Waals surface area (Å²) in [6.07, 6.45) is 0. The average molecular weight is 258 g/mol. The number of benzene rings is 1. The predicted molar refractivity (Wildman–Crippen MR) is 73.5 cm³/mol. The van der Waals surface area contributed by atoms with E-state index in [9.17, 15) is 4.39 Å². The van der Waals surface area contributed by atoms with Gasteiger partial charge in [-0.2, -0.15) is 0 Å². The molecule has 0 saturated heterocycles. The van der Waals surface area contributed by atoms with Gasteiger partial charge < -0.3 is 5.32 Å². The highest BCUT2D eigenvalue weighted by Crippen LogP contribution is 2.33. The van der Waals surface area contributed by atoms with Crippen molar-refractivity contribution in [2.45, 2.75) is 52.5 Å². The molecular weight excluding hydrogens is 237 g/mol. The summed E-state index contributed by atoms with van der Waals surface area (Å²) >= 11 is 6.18. The van der Waals surface area contributed by atoms with E-state index in [1.165, 1.54) is 6.07 Å². The van der Waals surface area contributed by atoms with Crippen molar-refractivity contribution in [2.24, 2.45) is 0 Å². The zero-order chi connectivity index (χ0) is 13.4. The van der Waals surface area contributed by atoms with E-state index in [4.69, 9.17) is 11.6 Å². The van der Waals surface area contributed by atoms with Gasteiger partial charge in [0.15, 0.2) is 0 Å². The number of hydrogen-bond donors (Lipinski definition) is 1. The molecule has 0 amide bonds. The van der Waals surface area contributed by atoms with Gasteiger partial charge in [-0.15, -0.1) is 0 Å². The van der Waals surface area contributed by atoms with E-state index >= 15 is 0 Å². The second kappa shape index (κ2) is 4.49. The van der Waals surface area contributed by atoms with Gasteiger partial charge in [-0.1, -0.05) is 32.4 Å². The van der Waals surface area contributed by atoms with Crippen LogP contribution in [0, 0.1) is 5.82 Å². The van der Waals surface area contributed by atoms with Gasteiger partial charge >= 0.3 is 0 Å². The van der Waals surface area contributed by atoms with Gasteiger partial charge in [0.05, 0.1) is 10.7 Å². The molecule has 17 heavy (non-hydrogen) atoms. The Kier molecular flexibility index (Phi) is 3.78. The van der Waals surface area contributed by atoms with Gasteiger partial charge in [-0.05, 0) is 43.9 Å². The Morgan fingerprint density at radius 3 is 2.00 bits per heavy atom. The molecule has 1 N–H and O–H groups in total. The summed E-state index contributed by atoms with van der Waals surface area (Å²) in [6, 6.07) is 3.19. The SMILES string of the molecule is CC(C)(C)Nc1cc(F)c(C(C)(C)C)cc1Cl. The third-order valence-electron chi connectivity index (χ3n) is 2.37. The summed E-state index contributed by atoms with van der Waals surface area (Å²) < 4.78 is 14.0. The molecule has 96 valence electrons. The molecule has 3 heteroatoms. The summed E-state index contributed by atoms with van der Waals surface area (Å²) in [5.41, 5.74) is 0.902. The number of rotatable bonds is 1. The normalized spacial score (nSPS) is 12.7. The molecule has 1 nitrogen and oxygen atoms in total. The van der Waals surface area contributed by atoms with Crippen molar-refractivity contribution in [3.8, 4) is 0 Å². The van der Waals surface area contributed by atoms with Crippen LogP contribution in [0.1, 0.15) is 47.1 Å². The summed E-state index contributed by atoms with van der Waals surface area (Å²) in [5.74, 6) is -0.214. The van der Waals surface area contributed by atoms with E-state index in [2.05, 4.69) is 5.32 Å². The molecule has 0 spiro atoms. The van der Waals surface area contributed by atoms with Crippen LogP contribution in [0.15, 0.2) is 12.1 Å². The topological polar surface area (TPSA) is 12.0 Å². The molecule has 0 unspecified atom stereocenters. The minimum Gasteiger partial charge on any atom is -0.379 e. The zero-order valence-corrected chi connectivity index (χ0v) is 12.2. The lowest BCUT2D eigenvalue weighted by molar-refractivity contribution is 0.522. The van der Waals surface area contributed by atoms with Gasteiger partial charge in [0.2, 0.25) is 0 Å². The minimum atomic E-state index is -0.242. The fraction of sp³-hybridized carbons (Fsp3) is 0.571. The molecule has 0 heterocycles. The first-order valence-electron chi connectivity index (χ1n) is 5.78. The third kappa shape index (κ3) is 3.88. The van der Waals surface area contributed by atoms with E-state index < -0.39 is 0 Å². The molecule has 0 saturated carbocycles. The van der Waals surface area contributed by atoms with Crippen LogP contribution in [0.5, 0.6) is 0 Å². The maximum atomic E-state index is 14.0. The van der Waals surface area contributed by atoms with Crippen LogP contribution in [0.3, 0.4) is 0 Å². The van der Waals surface area contributed by atoms with Crippen LogP contribution in [-0.2, 0) is 5.41 Å². The van der Waals surface area contributed by atoms with Gasteiger partial charge in [-0.25, -0.2) is 4.39 Å². The van der Waals surface area contributed by atoms with Crippen LogP contribution < -0.4 is 5.32 Å². The summed E-state index contributed by atoms with van der Waals surface area (Å²) in [6.45, 7) is 12.0. The highest BCUT2D eigenvalue weighted by atomic mass is 35.5. The van der Waals surface area contributed by atoms with Crippen molar-refractivity contribution in [1.29, 1.82) is 0 Å². The predicted octanol–water partition coefficient (Wildman–Crippen LogP) is 4.99. The van der Waals surface area contributed by atoms with Crippen LogP contribution >= 0.6 is 11.6 Å². The molecule has 0 fully saturated rings. The van der Waals surface area contributed by atoms with Gasteiger partial charge in [0.25, 0.3) is 0 Å². The summed E-state index contributed by atoms with van der Waals surface area (Å²) in [7, 11) is 0. The average Bonchev–Trinajstić information content (AvgIpc) is 2.06. The van der Waals surface area contributed by atoms with E-state index in [-0.39, 0.29) is 16.8 Å². The number of halogens is 2. The maximum absolute atomic E-state index is 14.0. The second-order valence-electron chi connectivity index (χ2n) is 6.44. The molecule has 0 aliphatic rings. The van der Waals surface area contributed by atoms with Crippen LogP contribution in [0.4, 0.5) is 10.1 Å². The second-order valence-corrected chi connectivity index (χ2v) is 6.84. The smallest absolute Gasteiger partial charge is 0.129 e. The van der Waals surface area contributed by atoms with Crippen molar-refractivity contribution in [1.82, 2.24) is 0 Å². The lowest BCUT2D eigenvalue weighted by Gasteiger charge is -2.25. The monoisotopic (exact) mass is 257 g/mol. The van der Waals surface area contributed by atoms with E-state index in [0.29, 0.717) is 16.3 Å². The Labute approximate surface area is 108 Å². The van der Waals surface area contributed by atoms with Gasteiger partial charge in [0.1, 0.15) is 5.82 Å². The lowest BCUT2D eigenvalue weighted by Crippen LogP contribution is -2.26. The number of anilines is 1. The van der Waals surface area contributed by atoms with Gasteiger partial charge in [0, 0.05) is 5.54 Å². The molecule has 0 atom stereocenters. The fourth-order valence-electron chi connectivity index (χ4n) is 1.62. The highest BCUT2D eigenvalue weighted by Gasteiger charge is 2.21. The van der Waals surface area contributed by atoms with Crippen molar-refractivity contribution in [3.63, 3.8) is 0 Å². The molecule has 1 aromatic carbocycles.